The van der Waals surface area contributed by atoms with E-state index in [9.17, 15) is 0 Å². The average Bonchev–Trinajstić information content (AvgIpc) is 3.69. The second-order valence-corrected chi connectivity index (χ2v) is 16.6. The number of rotatable bonds is 1. The van der Waals surface area contributed by atoms with Gasteiger partial charge in [0.25, 0.3) is 0 Å². The van der Waals surface area contributed by atoms with Crippen molar-refractivity contribution in [3.05, 3.63) is 153 Å². The Balaban J connectivity index is 0.000000706. The summed E-state index contributed by atoms with van der Waals surface area (Å²) in [4.78, 5) is 0. The van der Waals surface area contributed by atoms with Crippen LogP contribution >= 0.6 is 48.0 Å². The topological polar surface area (TPSA) is 0 Å². The van der Waals surface area contributed by atoms with E-state index in [-0.39, 0.29) is 41.1 Å². The molecule has 0 heterocycles. The molecule has 51 heavy (non-hydrogen) atoms. The minimum atomic E-state index is 0. The average molecular weight is 842 g/mol. The summed E-state index contributed by atoms with van der Waals surface area (Å²) in [7, 11) is 0. The van der Waals surface area contributed by atoms with Gasteiger partial charge in [0, 0.05) is 0 Å². The Morgan fingerprint density at radius 3 is 1.53 bits per heavy atom. The molecular formula is C46H56Cl4Zr-4. The van der Waals surface area contributed by atoms with Gasteiger partial charge in [-0.2, -0.15) is 96.1 Å². The molecule has 0 aliphatic heterocycles. The summed E-state index contributed by atoms with van der Waals surface area (Å²) in [6.45, 7) is 24.8. The third-order valence-corrected chi connectivity index (χ3v) is 8.70. The van der Waals surface area contributed by atoms with E-state index in [1.807, 2.05) is 0 Å². The number of allylic oxidation sites excluding steroid dienone is 4. The van der Waals surface area contributed by atoms with Gasteiger partial charge in [-0.05, 0) is 28.4 Å². The minimum absolute atomic E-state index is 0. The molecule has 1 unspecified atom stereocenters. The van der Waals surface area contributed by atoms with Crippen LogP contribution in [0.25, 0.3) is 11.1 Å². The van der Waals surface area contributed by atoms with Crippen LogP contribution in [-0.2, 0) is 41.5 Å². The number of benzene rings is 4. The molecule has 2 aliphatic carbocycles. The SMILES string of the molecule is CC(C)(C)c1[c-]c2c(cc1)-c1ccc(C(C)(C)C)cc1C2.CC(C)C1[C-]=CC(C(C)(C)C)=C1.Cl.Cl.Clc1cc[c-]cc1.Clc1cc[c-]cc1.[CH2]=[Zr]. The van der Waals surface area contributed by atoms with Crippen molar-refractivity contribution in [1.82, 2.24) is 0 Å². The van der Waals surface area contributed by atoms with E-state index >= 15 is 0 Å². The zero-order valence-corrected chi connectivity index (χ0v) is 37.9. The van der Waals surface area contributed by atoms with Crippen molar-refractivity contribution < 1.29 is 24.2 Å². The zero-order chi connectivity index (χ0) is 37.0. The van der Waals surface area contributed by atoms with Gasteiger partial charge in [0.2, 0.25) is 0 Å². The first-order chi connectivity index (χ1) is 22.9. The predicted molar refractivity (Wildman–Crippen MR) is 227 cm³/mol. The molecule has 2 aliphatic rings. The molecule has 1 atom stereocenters. The van der Waals surface area contributed by atoms with Crippen LogP contribution in [-0.4, -0.2) is 4.21 Å². The normalized spacial score (nSPS) is 13.7. The molecule has 0 N–H and O–H groups in total. The summed E-state index contributed by atoms with van der Waals surface area (Å²) in [5, 5.41) is 1.53. The summed E-state index contributed by atoms with van der Waals surface area (Å²) in [6.07, 6.45) is 8.93. The van der Waals surface area contributed by atoms with Crippen molar-refractivity contribution in [3.8, 4) is 11.1 Å². The number of fused-ring (bicyclic) bond motifs is 3. The van der Waals surface area contributed by atoms with Crippen LogP contribution in [0, 0.1) is 41.5 Å². The summed E-state index contributed by atoms with van der Waals surface area (Å²) in [6, 6.07) is 35.2. The van der Waals surface area contributed by atoms with Gasteiger partial charge in [-0.3, -0.25) is 6.08 Å². The molecule has 0 bridgehead atoms. The number of hydrogen-bond donors (Lipinski definition) is 0. The van der Waals surface area contributed by atoms with Crippen molar-refractivity contribution in [2.24, 2.45) is 17.3 Å². The van der Waals surface area contributed by atoms with Crippen LogP contribution in [0.2, 0.25) is 10.0 Å². The molecule has 0 spiro atoms. The standard InChI is InChI=1S/C21H25.C12H19.2C6H4Cl.CH2.2ClH.Zr/c1-20(2,3)16-7-9-18-14(12-16)11-15-13-17(21(4,5)6)8-10-19(15)18;1-9(2)10-6-7-11(8-10)12(3,4)5;2*7-6-4-2-1-3-5-6;;;;/h7-10,12H,11H2,1-6H3;7-10H,1-5H3;2*2-5H;1H2;2*1H;/q4*-1;;;;. The van der Waals surface area contributed by atoms with E-state index in [1.54, 1.807) is 48.5 Å². The number of halogens is 4. The van der Waals surface area contributed by atoms with Crippen molar-refractivity contribution in [1.29, 1.82) is 0 Å². The van der Waals surface area contributed by atoms with Crippen LogP contribution in [0.3, 0.4) is 0 Å². The molecule has 0 saturated carbocycles. The summed E-state index contributed by atoms with van der Waals surface area (Å²) in [5.74, 6) is 1.22. The number of hydrogen-bond acceptors (Lipinski definition) is 0. The van der Waals surface area contributed by atoms with E-state index in [0.717, 1.165) is 16.5 Å². The van der Waals surface area contributed by atoms with E-state index in [4.69, 9.17) is 23.2 Å². The van der Waals surface area contributed by atoms with E-state index < -0.39 is 0 Å². The van der Waals surface area contributed by atoms with Crippen LogP contribution in [0.5, 0.6) is 0 Å². The van der Waals surface area contributed by atoms with Gasteiger partial charge < -0.3 is 0 Å². The van der Waals surface area contributed by atoms with Gasteiger partial charge in [-0.15, -0.1) is 59.1 Å². The quantitative estimate of drug-likeness (QED) is 0.148. The molecule has 276 valence electrons. The fraction of sp³-hybridized carbons (Fsp3) is 0.370. The first-order valence-corrected chi connectivity index (χ1v) is 19.5. The first kappa shape index (κ1) is 49.3. The van der Waals surface area contributed by atoms with Crippen LogP contribution < -0.4 is 0 Å². The Kier molecular flexibility index (Phi) is 21.7. The second kappa shape index (κ2) is 22.5. The Labute approximate surface area is 348 Å². The van der Waals surface area contributed by atoms with E-state index in [2.05, 4.69) is 147 Å². The Hall–Kier alpha value is -1.73. The molecule has 6 rings (SSSR count). The predicted octanol–water partition coefficient (Wildman–Crippen LogP) is 14.3. The second-order valence-electron chi connectivity index (χ2n) is 15.7. The van der Waals surface area contributed by atoms with Crippen molar-refractivity contribution in [3.63, 3.8) is 0 Å². The molecule has 4 aromatic rings. The third-order valence-electron chi connectivity index (χ3n) is 8.19. The molecule has 0 nitrogen and oxygen atoms in total. The van der Waals surface area contributed by atoms with Crippen molar-refractivity contribution >= 4 is 52.2 Å². The van der Waals surface area contributed by atoms with Gasteiger partial charge in [-0.1, -0.05) is 127 Å². The van der Waals surface area contributed by atoms with Gasteiger partial charge in [0.15, 0.2) is 0 Å². The van der Waals surface area contributed by atoms with Crippen LogP contribution in [0.15, 0.2) is 96.6 Å². The summed E-state index contributed by atoms with van der Waals surface area (Å²) < 4.78 is 3.34. The zero-order valence-electron chi connectivity index (χ0n) is 32.3. The molecule has 0 saturated heterocycles. The molecule has 0 radical (unpaired) electrons. The first-order valence-electron chi connectivity index (χ1n) is 17.0. The Morgan fingerprint density at radius 1 is 0.686 bits per heavy atom. The van der Waals surface area contributed by atoms with Gasteiger partial charge in [-0.25, -0.2) is 6.08 Å². The molecule has 0 amide bonds. The van der Waals surface area contributed by atoms with Crippen LogP contribution in [0.1, 0.15) is 98.4 Å². The van der Waals surface area contributed by atoms with Crippen LogP contribution in [0.4, 0.5) is 0 Å². The van der Waals surface area contributed by atoms with Gasteiger partial charge in [0.05, 0.1) is 0 Å². The molecular weight excluding hydrogens is 786 g/mol. The van der Waals surface area contributed by atoms with Crippen molar-refractivity contribution in [2.75, 3.05) is 0 Å². The maximum absolute atomic E-state index is 5.52. The molecule has 4 aromatic carbocycles. The van der Waals surface area contributed by atoms with E-state index in [0.29, 0.717) is 11.8 Å². The fourth-order valence-electron chi connectivity index (χ4n) is 5.09. The maximum atomic E-state index is 5.52. The summed E-state index contributed by atoms with van der Waals surface area (Å²) in [5.41, 5.74) is 10.4. The van der Waals surface area contributed by atoms with Crippen molar-refractivity contribution in [2.45, 2.75) is 93.4 Å². The Bertz CT molecular complexity index is 1550. The monoisotopic (exact) mass is 838 g/mol. The van der Waals surface area contributed by atoms with Gasteiger partial charge >= 0.3 is 28.4 Å². The van der Waals surface area contributed by atoms with Gasteiger partial charge in [0.1, 0.15) is 0 Å². The molecule has 5 heteroatoms. The van der Waals surface area contributed by atoms with E-state index in [1.165, 1.54) is 63.2 Å². The Morgan fingerprint density at radius 2 is 1.18 bits per heavy atom. The molecule has 0 aromatic heterocycles. The fourth-order valence-corrected chi connectivity index (χ4v) is 5.34. The summed E-state index contributed by atoms with van der Waals surface area (Å²) >= 11 is 12.3. The third kappa shape index (κ3) is 16.4. The molecule has 0 fully saturated rings.